The first-order chi connectivity index (χ1) is 11.3. The zero-order valence-corrected chi connectivity index (χ0v) is 14.9. The highest BCUT2D eigenvalue weighted by atomic mass is 32.2. The van der Waals surface area contributed by atoms with E-state index in [1.807, 2.05) is 6.92 Å². The minimum absolute atomic E-state index is 0.0181. The Morgan fingerprint density at radius 3 is 2.42 bits per heavy atom. The Morgan fingerprint density at radius 2 is 1.88 bits per heavy atom. The quantitative estimate of drug-likeness (QED) is 0.572. The highest BCUT2D eigenvalue weighted by Crippen LogP contribution is 2.17. The molecule has 2 aromatic heterocycles. The monoisotopic (exact) mass is 352 g/mol. The lowest BCUT2D eigenvalue weighted by atomic mass is 10.2. The molecule has 0 bridgehead atoms. The van der Waals surface area contributed by atoms with Crippen LogP contribution >= 0.6 is 11.8 Å². The number of nitrogens with two attached hydrogens (primary N) is 1. The van der Waals surface area contributed by atoms with Crippen LogP contribution < -0.4 is 17.0 Å². The van der Waals surface area contributed by atoms with Crippen LogP contribution in [0, 0.1) is 6.92 Å². The van der Waals surface area contributed by atoms with Crippen molar-refractivity contribution in [3.63, 3.8) is 0 Å². The third-order valence-corrected chi connectivity index (χ3v) is 4.71. The standard InChI is InChI=1S/C14H20N6O3S/c1-5-6-20-11(15)10(12(22)19(4)14(20)23)9(21)7-24-13-17-16-8(2)18(13)3/h5-7,15H2,1-4H3. The summed E-state index contributed by atoms with van der Waals surface area (Å²) in [5.74, 6) is 0.181. The molecule has 0 aliphatic heterocycles. The van der Waals surface area contributed by atoms with Crippen molar-refractivity contribution in [3.05, 3.63) is 32.2 Å². The van der Waals surface area contributed by atoms with Crippen molar-refractivity contribution in [1.82, 2.24) is 23.9 Å². The molecule has 0 aliphatic rings. The highest BCUT2D eigenvalue weighted by Gasteiger charge is 2.22. The molecule has 9 nitrogen and oxygen atoms in total. The summed E-state index contributed by atoms with van der Waals surface area (Å²) in [6, 6.07) is 0. The van der Waals surface area contributed by atoms with Gasteiger partial charge in [-0.05, 0) is 13.3 Å². The molecule has 24 heavy (non-hydrogen) atoms. The topological polar surface area (TPSA) is 118 Å². The minimum atomic E-state index is -0.676. The zero-order chi connectivity index (χ0) is 18.0. The van der Waals surface area contributed by atoms with E-state index >= 15 is 0 Å². The van der Waals surface area contributed by atoms with Gasteiger partial charge in [0.2, 0.25) is 0 Å². The van der Waals surface area contributed by atoms with Crippen molar-refractivity contribution in [1.29, 1.82) is 0 Å². The van der Waals surface area contributed by atoms with Crippen molar-refractivity contribution in [3.8, 4) is 0 Å². The highest BCUT2D eigenvalue weighted by molar-refractivity contribution is 7.99. The lowest BCUT2D eigenvalue weighted by molar-refractivity contribution is 0.102. The van der Waals surface area contributed by atoms with E-state index in [1.54, 1.807) is 18.5 Å². The Morgan fingerprint density at radius 1 is 1.21 bits per heavy atom. The minimum Gasteiger partial charge on any atom is -0.384 e. The molecule has 0 saturated carbocycles. The second-order valence-electron chi connectivity index (χ2n) is 5.36. The Bertz CT molecular complexity index is 895. The van der Waals surface area contributed by atoms with Gasteiger partial charge in [-0.3, -0.25) is 18.7 Å². The second kappa shape index (κ2) is 7.04. The molecule has 0 aromatic carbocycles. The number of rotatable bonds is 6. The Balaban J connectivity index is 2.37. The fourth-order valence-electron chi connectivity index (χ4n) is 2.20. The van der Waals surface area contributed by atoms with Gasteiger partial charge < -0.3 is 10.3 Å². The lowest BCUT2D eigenvalue weighted by Gasteiger charge is -2.13. The number of nitrogens with zero attached hydrogens (tertiary/aromatic N) is 5. The predicted octanol–water partition coefficient (Wildman–Crippen LogP) is -0.0489. The van der Waals surface area contributed by atoms with Crippen LogP contribution in [-0.4, -0.2) is 35.4 Å². The summed E-state index contributed by atoms with van der Waals surface area (Å²) in [7, 11) is 3.13. The molecule has 0 unspecified atom stereocenters. The summed E-state index contributed by atoms with van der Waals surface area (Å²) < 4.78 is 3.92. The Labute approximate surface area is 142 Å². The lowest BCUT2D eigenvalue weighted by Crippen LogP contribution is -2.42. The number of aryl methyl sites for hydroxylation is 1. The molecule has 130 valence electrons. The number of thioether (sulfide) groups is 1. The third kappa shape index (κ3) is 3.14. The SMILES string of the molecule is CCCn1c(N)c(C(=O)CSc2nnc(C)n2C)c(=O)n(C)c1=O. The molecule has 0 radical (unpaired) electrons. The van der Waals surface area contributed by atoms with Crippen LogP contribution in [0.1, 0.15) is 29.5 Å². The van der Waals surface area contributed by atoms with Gasteiger partial charge in [0.15, 0.2) is 10.9 Å². The average molecular weight is 352 g/mol. The fraction of sp³-hybridized carbons (Fsp3) is 0.500. The molecule has 0 amide bonds. The number of nitrogen functional groups attached to an aromatic ring is 1. The third-order valence-electron chi connectivity index (χ3n) is 3.69. The van der Waals surface area contributed by atoms with Gasteiger partial charge in [-0.25, -0.2) is 4.79 Å². The van der Waals surface area contributed by atoms with Gasteiger partial charge in [0.25, 0.3) is 5.56 Å². The van der Waals surface area contributed by atoms with Crippen LogP contribution in [-0.2, 0) is 20.6 Å². The first-order valence-electron chi connectivity index (χ1n) is 7.40. The van der Waals surface area contributed by atoms with Crippen LogP contribution in [0.3, 0.4) is 0 Å². The van der Waals surface area contributed by atoms with Crippen molar-refractivity contribution in [2.75, 3.05) is 11.5 Å². The summed E-state index contributed by atoms with van der Waals surface area (Å²) in [5.41, 5.74) is 4.58. The average Bonchev–Trinajstić information content (AvgIpc) is 2.87. The van der Waals surface area contributed by atoms with E-state index in [0.717, 1.165) is 10.4 Å². The molecule has 2 rings (SSSR count). The Kier molecular flexibility index (Phi) is 5.27. The van der Waals surface area contributed by atoms with Gasteiger partial charge in [-0.1, -0.05) is 18.7 Å². The molecule has 0 spiro atoms. The number of anilines is 1. The van der Waals surface area contributed by atoms with Crippen LogP contribution in [0.2, 0.25) is 0 Å². The number of Topliss-reactive ketones (excluding diaryl/α,β-unsaturated/α-hetero) is 1. The number of aromatic nitrogens is 5. The maximum Gasteiger partial charge on any atom is 0.332 e. The number of ketones is 1. The van der Waals surface area contributed by atoms with Crippen LogP contribution in [0.4, 0.5) is 5.82 Å². The molecule has 2 N–H and O–H groups in total. The number of carbonyl (C=O) groups excluding carboxylic acids is 1. The molecule has 2 aromatic rings. The maximum atomic E-state index is 12.5. The summed E-state index contributed by atoms with van der Waals surface area (Å²) in [6.45, 7) is 4.02. The Hall–Kier alpha value is -2.36. The van der Waals surface area contributed by atoms with Crippen LogP contribution in [0.15, 0.2) is 14.7 Å². The second-order valence-corrected chi connectivity index (χ2v) is 6.30. The van der Waals surface area contributed by atoms with Gasteiger partial charge >= 0.3 is 5.69 Å². The van der Waals surface area contributed by atoms with E-state index in [9.17, 15) is 14.4 Å². The van der Waals surface area contributed by atoms with E-state index in [1.165, 1.54) is 23.4 Å². The molecule has 0 fully saturated rings. The predicted molar refractivity (Wildman–Crippen MR) is 91.4 cm³/mol. The summed E-state index contributed by atoms with van der Waals surface area (Å²) in [6.07, 6.45) is 0.656. The van der Waals surface area contributed by atoms with Crippen molar-refractivity contribution in [2.24, 2.45) is 14.1 Å². The molecule has 0 saturated heterocycles. The summed E-state index contributed by atoms with van der Waals surface area (Å²) in [4.78, 5) is 36.9. The van der Waals surface area contributed by atoms with E-state index in [2.05, 4.69) is 10.2 Å². The van der Waals surface area contributed by atoms with Gasteiger partial charge in [0.05, 0.1) is 5.75 Å². The van der Waals surface area contributed by atoms with Gasteiger partial charge in [-0.2, -0.15) is 0 Å². The van der Waals surface area contributed by atoms with Gasteiger partial charge in [-0.15, -0.1) is 10.2 Å². The van der Waals surface area contributed by atoms with Gasteiger partial charge in [0.1, 0.15) is 17.2 Å². The first-order valence-corrected chi connectivity index (χ1v) is 8.39. The fourth-order valence-corrected chi connectivity index (χ4v) is 3.03. The summed E-state index contributed by atoms with van der Waals surface area (Å²) >= 11 is 1.17. The normalized spacial score (nSPS) is 11.0. The molecular weight excluding hydrogens is 332 g/mol. The largest absolute Gasteiger partial charge is 0.384 e. The van der Waals surface area contributed by atoms with E-state index in [0.29, 0.717) is 18.1 Å². The molecule has 0 atom stereocenters. The zero-order valence-electron chi connectivity index (χ0n) is 14.1. The molecule has 2 heterocycles. The van der Waals surface area contributed by atoms with Crippen molar-refractivity contribution < 1.29 is 4.79 Å². The maximum absolute atomic E-state index is 12.5. The number of hydrogen-bond acceptors (Lipinski definition) is 7. The van der Waals surface area contributed by atoms with Gasteiger partial charge in [0, 0.05) is 20.6 Å². The van der Waals surface area contributed by atoms with E-state index < -0.39 is 17.0 Å². The number of hydrogen-bond donors (Lipinski definition) is 1. The number of carbonyl (C=O) groups is 1. The first kappa shape index (κ1) is 18.0. The molecule has 10 heteroatoms. The molecular formula is C14H20N6O3S. The summed E-state index contributed by atoms with van der Waals surface area (Å²) in [5, 5.41) is 8.44. The van der Waals surface area contributed by atoms with E-state index in [-0.39, 0.29) is 17.1 Å². The smallest absolute Gasteiger partial charge is 0.332 e. The van der Waals surface area contributed by atoms with Crippen LogP contribution in [0.25, 0.3) is 0 Å². The van der Waals surface area contributed by atoms with E-state index in [4.69, 9.17) is 5.73 Å². The molecule has 0 aliphatic carbocycles. The van der Waals surface area contributed by atoms with Crippen molar-refractivity contribution >= 4 is 23.4 Å². The van der Waals surface area contributed by atoms with Crippen LogP contribution in [0.5, 0.6) is 0 Å². The van der Waals surface area contributed by atoms with Crippen molar-refractivity contribution in [2.45, 2.75) is 32.0 Å².